The van der Waals surface area contributed by atoms with Gasteiger partial charge in [-0.2, -0.15) is 0 Å². The zero-order valence-corrected chi connectivity index (χ0v) is 15.0. The molecule has 1 aromatic carbocycles. The van der Waals surface area contributed by atoms with Gasteiger partial charge < -0.3 is 20.7 Å². The third-order valence-corrected chi connectivity index (χ3v) is 2.86. The number of carbonyl (C=O) groups is 1. The van der Waals surface area contributed by atoms with Gasteiger partial charge in [0.25, 0.3) is 0 Å². The standard InChI is InChI=1S/C16H20N4O2.2ClH/c1-22-10-9-17-12-16(21)20-14-7-8-15(18-11-14)19-13-5-3-2-4-6-13;;/h2-8,11,17H,9-10,12H2,1H3,(H,18,19)(H,20,21);2*1H. The van der Waals surface area contributed by atoms with Crippen LogP contribution in [0, 0.1) is 0 Å². The van der Waals surface area contributed by atoms with Gasteiger partial charge in [-0.05, 0) is 24.3 Å². The van der Waals surface area contributed by atoms with E-state index in [9.17, 15) is 4.79 Å². The molecule has 2 aromatic rings. The van der Waals surface area contributed by atoms with Crippen LogP contribution in [0.15, 0.2) is 48.7 Å². The van der Waals surface area contributed by atoms with Crippen molar-refractivity contribution in [3.05, 3.63) is 48.7 Å². The summed E-state index contributed by atoms with van der Waals surface area (Å²) in [5.41, 5.74) is 1.63. The molecule has 0 aliphatic rings. The summed E-state index contributed by atoms with van der Waals surface area (Å²) in [6, 6.07) is 13.4. The quantitative estimate of drug-likeness (QED) is 0.621. The average molecular weight is 373 g/mol. The fraction of sp³-hybridized carbons (Fsp3) is 0.250. The predicted molar refractivity (Wildman–Crippen MR) is 102 cm³/mol. The highest BCUT2D eigenvalue weighted by Gasteiger charge is 2.02. The van der Waals surface area contributed by atoms with E-state index in [1.807, 2.05) is 42.5 Å². The zero-order chi connectivity index (χ0) is 15.6. The molecule has 1 amide bonds. The summed E-state index contributed by atoms with van der Waals surface area (Å²) in [6.07, 6.45) is 1.62. The van der Waals surface area contributed by atoms with E-state index in [1.54, 1.807) is 13.3 Å². The van der Waals surface area contributed by atoms with Gasteiger partial charge in [0.2, 0.25) is 5.91 Å². The Balaban J connectivity index is 0.00000264. The maximum absolute atomic E-state index is 11.7. The van der Waals surface area contributed by atoms with Crippen molar-refractivity contribution >= 4 is 47.9 Å². The molecule has 132 valence electrons. The van der Waals surface area contributed by atoms with Crippen LogP contribution in [0.25, 0.3) is 0 Å². The number of aromatic nitrogens is 1. The monoisotopic (exact) mass is 372 g/mol. The number of anilines is 3. The Bertz CT molecular complexity index is 582. The van der Waals surface area contributed by atoms with Crippen LogP contribution in [0.2, 0.25) is 0 Å². The number of rotatable bonds is 8. The molecule has 0 radical (unpaired) electrons. The Kier molecular flexibility index (Phi) is 11.6. The van der Waals surface area contributed by atoms with Crippen LogP contribution < -0.4 is 16.0 Å². The number of hydrogen-bond acceptors (Lipinski definition) is 5. The lowest BCUT2D eigenvalue weighted by Crippen LogP contribution is -2.30. The number of hydrogen-bond donors (Lipinski definition) is 3. The zero-order valence-electron chi connectivity index (χ0n) is 13.3. The molecule has 0 bridgehead atoms. The van der Waals surface area contributed by atoms with Gasteiger partial charge in [-0.25, -0.2) is 4.98 Å². The van der Waals surface area contributed by atoms with Gasteiger partial charge in [-0.15, -0.1) is 24.8 Å². The summed E-state index contributed by atoms with van der Waals surface area (Å²) in [5.74, 6) is 0.615. The van der Waals surface area contributed by atoms with Crippen molar-refractivity contribution in [2.24, 2.45) is 0 Å². The van der Waals surface area contributed by atoms with Crippen molar-refractivity contribution in [1.82, 2.24) is 10.3 Å². The fourth-order valence-corrected chi connectivity index (χ4v) is 1.79. The first-order valence-electron chi connectivity index (χ1n) is 7.05. The summed E-state index contributed by atoms with van der Waals surface area (Å²) >= 11 is 0. The molecule has 0 aliphatic carbocycles. The van der Waals surface area contributed by atoms with Crippen molar-refractivity contribution in [2.75, 3.05) is 37.4 Å². The van der Waals surface area contributed by atoms with E-state index in [1.165, 1.54) is 0 Å². The van der Waals surface area contributed by atoms with Crippen LogP contribution in [-0.4, -0.2) is 37.7 Å². The summed E-state index contributed by atoms with van der Waals surface area (Å²) < 4.78 is 4.89. The molecule has 1 aromatic heterocycles. The lowest BCUT2D eigenvalue weighted by atomic mass is 10.3. The number of para-hydroxylation sites is 1. The molecule has 0 fully saturated rings. The largest absolute Gasteiger partial charge is 0.383 e. The first-order chi connectivity index (χ1) is 10.8. The summed E-state index contributed by atoms with van der Waals surface area (Å²) in [7, 11) is 1.62. The molecule has 24 heavy (non-hydrogen) atoms. The van der Waals surface area contributed by atoms with Crippen LogP contribution in [-0.2, 0) is 9.53 Å². The molecule has 8 heteroatoms. The highest BCUT2D eigenvalue weighted by atomic mass is 35.5. The lowest BCUT2D eigenvalue weighted by molar-refractivity contribution is -0.115. The number of carbonyl (C=O) groups excluding carboxylic acids is 1. The van der Waals surface area contributed by atoms with Gasteiger partial charge in [0.05, 0.1) is 25.0 Å². The molecule has 3 N–H and O–H groups in total. The van der Waals surface area contributed by atoms with Crippen LogP contribution in [0.4, 0.5) is 17.2 Å². The molecule has 0 saturated carbocycles. The number of ether oxygens (including phenoxy) is 1. The third kappa shape index (κ3) is 8.12. The first-order valence-corrected chi connectivity index (χ1v) is 7.05. The van der Waals surface area contributed by atoms with E-state index in [2.05, 4.69) is 20.9 Å². The minimum Gasteiger partial charge on any atom is -0.383 e. The summed E-state index contributed by atoms with van der Waals surface area (Å²) in [6.45, 7) is 1.46. The maximum atomic E-state index is 11.7. The lowest BCUT2D eigenvalue weighted by Gasteiger charge is -2.08. The van der Waals surface area contributed by atoms with Crippen molar-refractivity contribution in [1.29, 1.82) is 0 Å². The Hall–Kier alpha value is -1.86. The molecule has 0 unspecified atom stereocenters. The number of amides is 1. The SMILES string of the molecule is COCCNCC(=O)Nc1ccc(Nc2ccccc2)nc1.Cl.Cl. The number of nitrogens with one attached hydrogen (secondary N) is 3. The summed E-state index contributed by atoms with van der Waals surface area (Å²) in [4.78, 5) is 16.0. The van der Waals surface area contributed by atoms with Crippen LogP contribution in [0.1, 0.15) is 0 Å². The van der Waals surface area contributed by atoms with Crippen LogP contribution in [0.5, 0.6) is 0 Å². The van der Waals surface area contributed by atoms with Gasteiger partial charge >= 0.3 is 0 Å². The number of halogens is 2. The van der Waals surface area contributed by atoms with Gasteiger partial charge in [-0.3, -0.25) is 4.79 Å². The molecular formula is C16H22Cl2N4O2. The molecule has 0 saturated heterocycles. The number of methoxy groups -OCH3 is 1. The van der Waals surface area contributed by atoms with E-state index < -0.39 is 0 Å². The highest BCUT2D eigenvalue weighted by molar-refractivity contribution is 5.92. The van der Waals surface area contributed by atoms with Crippen molar-refractivity contribution in [3.63, 3.8) is 0 Å². The molecular weight excluding hydrogens is 351 g/mol. The van der Waals surface area contributed by atoms with Crippen molar-refractivity contribution in [2.45, 2.75) is 0 Å². The molecule has 0 spiro atoms. The van der Waals surface area contributed by atoms with E-state index >= 15 is 0 Å². The second-order valence-corrected chi connectivity index (χ2v) is 4.64. The van der Waals surface area contributed by atoms with E-state index in [-0.39, 0.29) is 37.3 Å². The fourth-order valence-electron chi connectivity index (χ4n) is 1.79. The normalized spacial score (nSPS) is 9.38. The minimum atomic E-state index is -0.110. The van der Waals surface area contributed by atoms with Gasteiger partial charge in [-0.1, -0.05) is 18.2 Å². The predicted octanol–water partition coefficient (Wildman–Crippen LogP) is 2.84. The average Bonchev–Trinajstić information content (AvgIpc) is 2.54. The second kappa shape index (κ2) is 12.5. The molecule has 2 rings (SSSR count). The maximum Gasteiger partial charge on any atom is 0.238 e. The summed E-state index contributed by atoms with van der Waals surface area (Å²) in [5, 5.41) is 8.94. The van der Waals surface area contributed by atoms with Crippen LogP contribution in [0.3, 0.4) is 0 Å². The van der Waals surface area contributed by atoms with Gasteiger partial charge in [0, 0.05) is 19.3 Å². The minimum absolute atomic E-state index is 0. The number of pyridine rings is 1. The first kappa shape index (κ1) is 22.1. The Morgan fingerprint density at radius 2 is 1.83 bits per heavy atom. The van der Waals surface area contributed by atoms with E-state index in [0.29, 0.717) is 18.8 Å². The molecule has 1 heterocycles. The topological polar surface area (TPSA) is 75.3 Å². The Morgan fingerprint density at radius 3 is 2.46 bits per heavy atom. The van der Waals surface area contributed by atoms with Crippen LogP contribution >= 0.6 is 24.8 Å². The number of benzene rings is 1. The van der Waals surface area contributed by atoms with Crippen molar-refractivity contribution < 1.29 is 9.53 Å². The Morgan fingerprint density at radius 1 is 1.08 bits per heavy atom. The molecule has 0 atom stereocenters. The number of nitrogens with zero attached hydrogens (tertiary/aromatic N) is 1. The van der Waals surface area contributed by atoms with Gasteiger partial charge in [0.1, 0.15) is 5.82 Å². The highest BCUT2D eigenvalue weighted by Crippen LogP contribution is 2.15. The van der Waals surface area contributed by atoms with E-state index in [0.717, 1.165) is 11.5 Å². The third-order valence-electron chi connectivity index (χ3n) is 2.86. The molecule has 6 nitrogen and oxygen atoms in total. The molecule has 0 aliphatic heterocycles. The Labute approximate surface area is 154 Å². The smallest absolute Gasteiger partial charge is 0.238 e. The van der Waals surface area contributed by atoms with Crippen molar-refractivity contribution in [3.8, 4) is 0 Å². The second-order valence-electron chi connectivity index (χ2n) is 4.64. The van der Waals surface area contributed by atoms with E-state index in [4.69, 9.17) is 4.74 Å². The van der Waals surface area contributed by atoms with Gasteiger partial charge in [0.15, 0.2) is 0 Å².